The van der Waals surface area contributed by atoms with Gasteiger partial charge in [-0.15, -0.1) is 0 Å². The van der Waals surface area contributed by atoms with Crippen molar-refractivity contribution in [1.29, 1.82) is 0 Å². The molecule has 0 saturated carbocycles. The van der Waals surface area contributed by atoms with E-state index in [-0.39, 0.29) is 12.2 Å². The average molecular weight is 286 g/mol. The largest absolute Gasteiger partial charge is 0.360 e. The molecular formula is C16H14O3S. The minimum atomic E-state index is -3.38. The van der Waals surface area contributed by atoms with Gasteiger partial charge in [-0.2, -0.15) is 0 Å². The van der Waals surface area contributed by atoms with Crippen LogP contribution in [-0.2, 0) is 14.6 Å². The van der Waals surface area contributed by atoms with Crippen molar-refractivity contribution in [1.82, 2.24) is 0 Å². The number of epoxide rings is 1. The summed E-state index contributed by atoms with van der Waals surface area (Å²) in [6, 6.07) is 18.2. The molecule has 0 amide bonds. The van der Waals surface area contributed by atoms with Crippen molar-refractivity contribution in [3.8, 4) is 0 Å². The van der Waals surface area contributed by atoms with Crippen LogP contribution >= 0.6 is 0 Å². The normalized spacial score (nSPS) is 22.0. The molecule has 20 heavy (non-hydrogen) atoms. The SMILES string of the molecule is O=S(=O)(/C=C/[C@@H]1O[C@H]1c1ccccc1)c1ccccc1. The molecule has 1 aliphatic heterocycles. The highest BCUT2D eigenvalue weighted by Gasteiger charge is 2.38. The molecule has 2 aromatic carbocycles. The number of ether oxygens (including phenoxy) is 1. The first-order valence-electron chi connectivity index (χ1n) is 6.35. The first-order chi connectivity index (χ1) is 9.67. The van der Waals surface area contributed by atoms with Crippen LogP contribution in [0.5, 0.6) is 0 Å². The third kappa shape index (κ3) is 2.81. The Labute approximate surface area is 118 Å². The van der Waals surface area contributed by atoms with Crippen LogP contribution in [0, 0.1) is 0 Å². The second kappa shape index (κ2) is 5.23. The van der Waals surface area contributed by atoms with Crippen LogP contribution in [0.1, 0.15) is 11.7 Å². The molecule has 1 aliphatic rings. The van der Waals surface area contributed by atoms with Gasteiger partial charge >= 0.3 is 0 Å². The number of hydrogen-bond acceptors (Lipinski definition) is 3. The predicted octanol–water partition coefficient (Wildman–Crippen LogP) is 3.11. The highest BCUT2D eigenvalue weighted by molar-refractivity contribution is 7.94. The molecule has 1 fully saturated rings. The summed E-state index contributed by atoms with van der Waals surface area (Å²) in [5.74, 6) is 0. The third-order valence-electron chi connectivity index (χ3n) is 3.17. The highest BCUT2D eigenvalue weighted by Crippen LogP contribution is 2.39. The summed E-state index contributed by atoms with van der Waals surface area (Å²) in [5.41, 5.74) is 1.07. The molecule has 0 aliphatic carbocycles. The van der Waals surface area contributed by atoms with E-state index in [1.807, 2.05) is 30.3 Å². The molecule has 0 aromatic heterocycles. The average Bonchev–Trinajstić information content (AvgIpc) is 3.27. The van der Waals surface area contributed by atoms with Gasteiger partial charge in [0.1, 0.15) is 12.2 Å². The van der Waals surface area contributed by atoms with E-state index in [4.69, 9.17) is 4.74 Å². The molecule has 0 spiro atoms. The summed E-state index contributed by atoms with van der Waals surface area (Å²) in [6.45, 7) is 0. The summed E-state index contributed by atoms with van der Waals surface area (Å²) in [7, 11) is -3.38. The zero-order valence-corrected chi connectivity index (χ0v) is 11.5. The monoisotopic (exact) mass is 286 g/mol. The molecule has 2 aromatic rings. The van der Waals surface area contributed by atoms with E-state index in [1.54, 1.807) is 36.4 Å². The third-order valence-corrected chi connectivity index (χ3v) is 4.62. The quantitative estimate of drug-likeness (QED) is 0.811. The van der Waals surface area contributed by atoms with Crippen LogP contribution in [0.4, 0.5) is 0 Å². The molecule has 4 heteroatoms. The predicted molar refractivity (Wildman–Crippen MR) is 76.8 cm³/mol. The van der Waals surface area contributed by atoms with E-state index in [0.717, 1.165) is 5.56 Å². The number of sulfone groups is 1. The van der Waals surface area contributed by atoms with E-state index in [1.165, 1.54) is 5.41 Å². The summed E-state index contributed by atoms with van der Waals surface area (Å²) < 4.78 is 29.6. The first kappa shape index (κ1) is 13.1. The lowest BCUT2D eigenvalue weighted by atomic mass is 10.1. The van der Waals surface area contributed by atoms with Crippen LogP contribution < -0.4 is 0 Å². The van der Waals surface area contributed by atoms with Crippen molar-refractivity contribution in [2.45, 2.75) is 17.1 Å². The molecule has 3 nitrogen and oxygen atoms in total. The lowest BCUT2D eigenvalue weighted by Gasteiger charge is -1.97. The molecule has 2 atom stereocenters. The zero-order chi connectivity index (χ0) is 14.0. The zero-order valence-electron chi connectivity index (χ0n) is 10.7. The number of rotatable bonds is 4. The second-order valence-electron chi connectivity index (χ2n) is 4.62. The molecule has 1 saturated heterocycles. The summed E-state index contributed by atoms with van der Waals surface area (Å²) in [6.07, 6.45) is 1.43. The van der Waals surface area contributed by atoms with Crippen LogP contribution in [0.25, 0.3) is 0 Å². The maximum absolute atomic E-state index is 12.1. The van der Waals surface area contributed by atoms with E-state index in [9.17, 15) is 8.42 Å². The Balaban J connectivity index is 1.71. The van der Waals surface area contributed by atoms with Crippen molar-refractivity contribution in [2.24, 2.45) is 0 Å². The highest BCUT2D eigenvalue weighted by atomic mass is 32.2. The van der Waals surface area contributed by atoms with Gasteiger partial charge in [0.2, 0.25) is 0 Å². The Morgan fingerprint density at radius 3 is 2.15 bits per heavy atom. The van der Waals surface area contributed by atoms with Gasteiger partial charge in [0.15, 0.2) is 9.84 Å². The van der Waals surface area contributed by atoms with Gasteiger partial charge < -0.3 is 4.74 Å². The fourth-order valence-electron chi connectivity index (χ4n) is 2.05. The Kier molecular flexibility index (Phi) is 3.42. The van der Waals surface area contributed by atoms with Crippen LogP contribution in [-0.4, -0.2) is 14.5 Å². The lowest BCUT2D eigenvalue weighted by molar-refractivity contribution is 0.394. The standard InChI is InChI=1S/C16H14O3S/c17-20(18,14-9-5-2-6-10-14)12-11-15-16(19-15)13-7-3-1-4-8-13/h1-12,15-16H/b12-11+/t15-,16-/m0/s1. The molecule has 3 rings (SSSR count). The fourth-order valence-corrected chi connectivity index (χ4v) is 3.11. The van der Waals surface area contributed by atoms with Gasteiger partial charge in [0.05, 0.1) is 4.90 Å². The first-order valence-corrected chi connectivity index (χ1v) is 7.90. The molecule has 1 heterocycles. The molecule has 0 N–H and O–H groups in total. The Hall–Kier alpha value is -1.91. The Morgan fingerprint density at radius 1 is 0.900 bits per heavy atom. The Bertz CT molecular complexity index is 706. The summed E-state index contributed by atoms with van der Waals surface area (Å²) in [5, 5.41) is 1.23. The van der Waals surface area contributed by atoms with Crippen molar-refractivity contribution in [3.05, 3.63) is 77.7 Å². The topological polar surface area (TPSA) is 46.7 Å². The van der Waals surface area contributed by atoms with E-state index in [0.29, 0.717) is 4.90 Å². The van der Waals surface area contributed by atoms with Crippen LogP contribution in [0.2, 0.25) is 0 Å². The number of hydrogen-bond donors (Lipinski definition) is 0. The van der Waals surface area contributed by atoms with Gasteiger partial charge in [-0.25, -0.2) is 8.42 Å². The molecular weight excluding hydrogens is 272 g/mol. The summed E-state index contributed by atoms with van der Waals surface area (Å²) in [4.78, 5) is 0.299. The second-order valence-corrected chi connectivity index (χ2v) is 6.45. The minimum Gasteiger partial charge on any atom is -0.360 e. The van der Waals surface area contributed by atoms with Crippen molar-refractivity contribution in [2.75, 3.05) is 0 Å². The fraction of sp³-hybridized carbons (Fsp3) is 0.125. The van der Waals surface area contributed by atoms with Gasteiger partial charge in [-0.1, -0.05) is 48.5 Å². The minimum absolute atomic E-state index is 0.0292. The smallest absolute Gasteiger partial charge is 0.199 e. The van der Waals surface area contributed by atoms with Crippen molar-refractivity contribution in [3.63, 3.8) is 0 Å². The van der Waals surface area contributed by atoms with Crippen molar-refractivity contribution >= 4 is 9.84 Å². The van der Waals surface area contributed by atoms with E-state index < -0.39 is 9.84 Å². The van der Waals surface area contributed by atoms with Crippen LogP contribution in [0.3, 0.4) is 0 Å². The maximum Gasteiger partial charge on any atom is 0.199 e. The summed E-state index contributed by atoms with van der Waals surface area (Å²) >= 11 is 0. The van der Waals surface area contributed by atoms with Crippen LogP contribution in [0.15, 0.2) is 77.0 Å². The molecule has 102 valence electrons. The van der Waals surface area contributed by atoms with E-state index in [2.05, 4.69) is 0 Å². The maximum atomic E-state index is 12.1. The van der Waals surface area contributed by atoms with Gasteiger partial charge in [-0.05, 0) is 23.8 Å². The van der Waals surface area contributed by atoms with Gasteiger partial charge in [-0.3, -0.25) is 0 Å². The number of benzene rings is 2. The van der Waals surface area contributed by atoms with E-state index >= 15 is 0 Å². The lowest BCUT2D eigenvalue weighted by Crippen LogP contribution is -1.96. The van der Waals surface area contributed by atoms with Gasteiger partial charge in [0, 0.05) is 5.41 Å². The van der Waals surface area contributed by atoms with Gasteiger partial charge in [0.25, 0.3) is 0 Å². The molecule has 0 unspecified atom stereocenters. The Morgan fingerprint density at radius 2 is 1.50 bits per heavy atom. The van der Waals surface area contributed by atoms with Crippen molar-refractivity contribution < 1.29 is 13.2 Å². The molecule has 0 radical (unpaired) electrons. The molecule has 0 bridgehead atoms.